The van der Waals surface area contributed by atoms with Crippen LogP contribution in [0, 0.1) is 13.8 Å². The fourth-order valence-corrected chi connectivity index (χ4v) is 6.12. The van der Waals surface area contributed by atoms with Crippen LogP contribution in [-0.2, 0) is 20.2 Å². The third-order valence-corrected chi connectivity index (χ3v) is 9.08. The quantitative estimate of drug-likeness (QED) is 0.172. The van der Waals surface area contributed by atoms with E-state index >= 15 is 0 Å². The van der Waals surface area contributed by atoms with Crippen molar-refractivity contribution in [2.24, 2.45) is 0 Å². The normalized spacial score (nSPS) is 12.6. The second kappa shape index (κ2) is 14.3. The van der Waals surface area contributed by atoms with Gasteiger partial charge in [-0.2, -0.15) is 4.98 Å². The van der Waals surface area contributed by atoms with E-state index in [2.05, 4.69) is 35.5 Å². The Morgan fingerprint density at radius 1 is 0.898 bits per heavy atom. The second-order valence-corrected chi connectivity index (χ2v) is 15.6. The van der Waals surface area contributed by atoms with E-state index in [4.69, 9.17) is 9.47 Å². The molecule has 0 aliphatic rings. The van der Waals surface area contributed by atoms with Gasteiger partial charge in [-0.3, -0.25) is 0 Å². The van der Waals surface area contributed by atoms with Gasteiger partial charge in [0.2, 0.25) is 11.8 Å². The number of anilines is 1. The number of aromatic nitrogens is 2. The molecule has 2 N–H and O–H groups in total. The average molecular weight is 689 g/mol. The Morgan fingerprint density at radius 3 is 2.08 bits per heavy atom. The molecule has 1 unspecified atom stereocenters. The number of nitrogens with zero attached hydrogens (tertiary/aromatic N) is 3. The average Bonchev–Trinajstić information content (AvgIpc) is 3.00. The zero-order valence-corrected chi connectivity index (χ0v) is 30.2. The van der Waals surface area contributed by atoms with E-state index < -0.39 is 33.7 Å². The van der Waals surface area contributed by atoms with Crippen molar-refractivity contribution in [2.75, 3.05) is 18.4 Å². The number of aryl methyl sites for hydroxylation is 2. The van der Waals surface area contributed by atoms with Crippen molar-refractivity contribution in [1.82, 2.24) is 14.9 Å². The molecule has 1 atom stereocenters. The van der Waals surface area contributed by atoms with Crippen molar-refractivity contribution < 1.29 is 32.6 Å². The Kier molecular flexibility index (Phi) is 10.7. The van der Waals surface area contributed by atoms with E-state index in [0.29, 0.717) is 5.69 Å². The highest BCUT2D eigenvalue weighted by molar-refractivity contribution is 7.92. The molecule has 260 valence electrons. The van der Waals surface area contributed by atoms with Crippen LogP contribution in [0.4, 0.5) is 10.7 Å². The monoisotopic (exact) mass is 688 g/mol. The lowest BCUT2D eigenvalue weighted by Crippen LogP contribution is -2.38. The minimum atomic E-state index is -4.30. The molecule has 0 spiro atoms. The Morgan fingerprint density at radius 2 is 1.51 bits per heavy atom. The lowest BCUT2D eigenvalue weighted by atomic mass is 9.86. The number of amides is 1. The molecule has 3 aromatic carbocycles. The molecule has 0 aliphatic carbocycles. The molecule has 11 nitrogen and oxygen atoms in total. The predicted molar refractivity (Wildman–Crippen MR) is 189 cm³/mol. The van der Waals surface area contributed by atoms with Crippen molar-refractivity contribution in [1.29, 1.82) is 0 Å². The molecule has 1 amide bonds. The van der Waals surface area contributed by atoms with Crippen LogP contribution in [0.25, 0.3) is 11.3 Å². The minimum Gasteiger partial charge on any atom is -0.478 e. The van der Waals surface area contributed by atoms with Gasteiger partial charge in [-0.25, -0.2) is 27.7 Å². The maximum atomic E-state index is 13.4. The van der Waals surface area contributed by atoms with E-state index in [-0.39, 0.29) is 34.3 Å². The molecule has 49 heavy (non-hydrogen) atoms. The molecule has 0 saturated heterocycles. The number of ether oxygens (including phenoxy) is 2. The molecule has 0 radical (unpaired) electrons. The van der Waals surface area contributed by atoms with Crippen molar-refractivity contribution in [3.05, 3.63) is 101 Å². The number of rotatable bonds is 10. The summed E-state index contributed by atoms with van der Waals surface area (Å²) in [6.07, 6.45) is -0.544. The minimum absolute atomic E-state index is 0.0542. The molecule has 4 aromatic rings. The maximum absolute atomic E-state index is 13.4. The van der Waals surface area contributed by atoms with Gasteiger partial charge >= 0.3 is 12.1 Å². The molecular formula is C37H44N4O7S. The van der Waals surface area contributed by atoms with Crippen LogP contribution in [0.15, 0.2) is 77.7 Å². The Labute approximate surface area is 288 Å². The van der Waals surface area contributed by atoms with Crippen molar-refractivity contribution in [2.45, 2.75) is 77.3 Å². The van der Waals surface area contributed by atoms with E-state index in [1.54, 1.807) is 33.9 Å². The smallest absolute Gasteiger partial charge is 0.410 e. The molecule has 0 fully saturated rings. The van der Waals surface area contributed by atoms with Gasteiger partial charge in [-0.15, -0.1) is 0 Å². The highest BCUT2D eigenvalue weighted by atomic mass is 32.2. The summed E-state index contributed by atoms with van der Waals surface area (Å²) in [5.41, 5.74) is 3.89. The van der Waals surface area contributed by atoms with E-state index in [1.165, 1.54) is 23.1 Å². The van der Waals surface area contributed by atoms with Gasteiger partial charge in [0.1, 0.15) is 12.2 Å². The molecule has 4 rings (SSSR count). The second-order valence-electron chi connectivity index (χ2n) is 13.9. The van der Waals surface area contributed by atoms with Crippen molar-refractivity contribution in [3.8, 4) is 17.1 Å². The maximum Gasteiger partial charge on any atom is 0.410 e. The summed E-state index contributed by atoms with van der Waals surface area (Å²) in [7, 11) is -2.67. The van der Waals surface area contributed by atoms with Gasteiger partial charge in [0.05, 0.1) is 22.2 Å². The topological polar surface area (TPSA) is 148 Å². The summed E-state index contributed by atoms with van der Waals surface area (Å²) < 4.78 is 41.1. The van der Waals surface area contributed by atoms with Gasteiger partial charge < -0.3 is 19.5 Å². The van der Waals surface area contributed by atoms with E-state index in [9.17, 15) is 23.1 Å². The number of carbonyl (C=O) groups is 2. The first-order valence-electron chi connectivity index (χ1n) is 15.8. The third kappa shape index (κ3) is 9.35. The summed E-state index contributed by atoms with van der Waals surface area (Å²) in [5, 5.41) is 9.39. The largest absolute Gasteiger partial charge is 0.478 e. The summed E-state index contributed by atoms with van der Waals surface area (Å²) in [4.78, 5) is 34.9. The fourth-order valence-electron chi connectivity index (χ4n) is 5.13. The Bertz CT molecular complexity index is 1930. The number of hydrogen-bond donors (Lipinski definition) is 2. The van der Waals surface area contributed by atoms with Crippen LogP contribution in [-0.4, -0.2) is 59.7 Å². The first-order chi connectivity index (χ1) is 22.7. The Balaban J connectivity index is 1.76. The van der Waals surface area contributed by atoms with Gasteiger partial charge in [0.15, 0.2) is 0 Å². The third-order valence-electron chi connectivity index (χ3n) is 7.76. The number of aromatic carboxylic acids is 1. The summed E-state index contributed by atoms with van der Waals surface area (Å²) in [5.74, 6) is -1.49. The zero-order chi connectivity index (χ0) is 36.3. The number of carboxylic acid groups (broad SMARTS) is 1. The predicted octanol–water partition coefficient (Wildman–Crippen LogP) is 7.54. The molecule has 1 heterocycles. The number of sulfonamides is 1. The summed E-state index contributed by atoms with van der Waals surface area (Å²) in [6, 6.07) is 19.7. The number of benzene rings is 3. The number of nitrogens with one attached hydrogen (secondary N) is 1. The SMILES string of the molecule is Cc1cccc(C)c1-c1cc(OCC(c2ccc(C(C)(C)C)cc2)N(C)C(=O)OC(C)(C)C)nc(NS(=O)(=O)c2cccc(C(=O)O)c2)n1. The first-order valence-corrected chi connectivity index (χ1v) is 17.2. The first kappa shape index (κ1) is 36.9. The van der Waals surface area contributed by atoms with Crippen molar-refractivity contribution in [3.63, 3.8) is 0 Å². The Hall–Kier alpha value is -4.97. The lowest BCUT2D eigenvalue weighted by molar-refractivity contribution is 0.0170. The molecule has 1 aromatic heterocycles. The molecule has 0 bridgehead atoms. The van der Waals surface area contributed by atoms with Crippen molar-refractivity contribution >= 4 is 28.0 Å². The zero-order valence-electron chi connectivity index (χ0n) is 29.4. The fraction of sp³-hybridized carbons (Fsp3) is 0.351. The number of likely N-dealkylation sites (N-methyl/N-ethyl adjacent to an activating group) is 1. The molecule has 0 saturated carbocycles. The molecular weight excluding hydrogens is 644 g/mol. The molecule has 0 aliphatic heterocycles. The lowest BCUT2D eigenvalue weighted by Gasteiger charge is -2.31. The van der Waals surface area contributed by atoms with Gasteiger partial charge in [0, 0.05) is 18.7 Å². The highest BCUT2D eigenvalue weighted by Crippen LogP contribution is 2.31. The van der Waals surface area contributed by atoms with Crippen LogP contribution >= 0.6 is 0 Å². The highest BCUT2D eigenvalue weighted by Gasteiger charge is 2.28. The van der Waals surface area contributed by atoms with Gasteiger partial charge in [-0.1, -0.05) is 69.3 Å². The van der Waals surface area contributed by atoms with E-state index in [0.717, 1.165) is 33.9 Å². The van der Waals surface area contributed by atoms with Crippen LogP contribution < -0.4 is 9.46 Å². The van der Waals surface area contributed by atoms with Crippen LogP contribution in [0.1, 0.15) is 80.2 Å². The number of carbonyl (C=O) groups excluding carboxylic acids is 1. The summed E-state index contributed by atoms with van der Waals surface area (Å²) in [6.45, 7) is 15.5. The van der Waals surface area contributed by atoms with Crippen LogP contribution in [0.2, 0.25) is 0 Å². The molecule has 12 heteroatoms. The van der Waals surface area contributed by atoms with Gasteiger partial charge in [0.25, 0.3) is 10.0 Å². The van der Waals surface area contributed by atoms with Crippen LogP contribution in [0.5, 0.6) is 5.88 Å². The number of carboxylic acids is 1. The van der Waals surface area contributed by atoms with Crippen LogP contribution in [0.3, 0.4) is 0 Å². The standard InChI is InChI=1S/C37H44N4O7S/c1-23-12-10-13-24(2)32(23)29-21-31(39-34(38-29)40-49(45,46)28-15-11-14-26(20-28)33(42)43)47-22-30(41(9)35(44)48-37(6,7)8)25-16-18-27(19-17-25)36(3,4)5/h10-21,30H,22H2,1-9H3,(H,42,43)(H,38,39,40). The van der Waals surface area contributed by atoms with Gasteiger partial charge in [-0.05, 0) is 80.5 Å². The van der Waals surface area contributed by atoms with E-state index in [1.807, 2.05) is 56.3 Å². The number of hydrogen-bond acceptors (Lipinski definition) is 8. The summed E-state index contributed by atoms with van der Waals surface area (Å²) >= 11 is 0.